The first-order valence-corrected chi connectivity index (χ1v) is 7.55. The van der Waals surface area contributed by atoms with Gasteiger partial charge in [0.1, 0.15) is 0 Å². The van der Waals surface area contributed by atoms with Crippen LogP contribution in [0.1, 0.15) is 49.1 Å². The topological polar surface area (TPSA) is 12.0 Å². The van der Waals surface area contributed by atoms with E-state index >= 15 is 0 Å². The summed E-state index contributed by atoms with van der Waals surface area (Å²) in [6, 6.07) is 2.38. The highest BCUT2D eigenvalue weighted by atomic mass is 32.1. The first kappa shape index (κ1) is 13.9. The largest absolute Gasteiger partial charge is 0.312 e. The zero-order chi connectivity index (χ0) is 13.2. The van der Waals surface area contributed by atoms with Crippen LogP contribution < -0.4 is 5.32 Å². The van der Waals surface area contributed by atoms with Gasteiger partial charge in [0.05, 0.1) is 0 Å². The molecule has 1 saturated carbocycles. The van der Waals surface area contributed by atoms with E-state index in [1.165, 1.54) is 10.4 Å². The Morgan fingerprint density at radius 2 is 2.33 bits per heavy atom. The van der Waals surface area contributed by atoms with Crippen LogP contribution in [0.3, 0.4) is 0 Å². The van der Waals surface area contributed by atoms with Crippen molar-refractivity contribution in [2.24, 2.45) is 5.92 Å². The summed E-state index contributed by atoms with van der Waals surface area (Å²) in [5.41, 5.74) is 1.35. The van der Waals surface area contributed by atoms with Crippen LogP contribution in [0.25, 0.3) is 0 Å². The van der Waals surface area contributed by atoms with E-state index in [0.29, 0.717) is 6.42 Å². The predicted molar refractivity (Wildman–Crippen MR) is 72.4 cm³/mol. The number of hydrogen-bond acceptors (Lipinski definition) is 2. The lowest BCUT2D eigenvalue weighted by atomic mass is 9.95. The highest BCUT2D eigenvalue weighted by Gasteiger charge is 2.40. The van der Waals surface area contributed by atoms with Crippen LogP contribution in [0.4, 0.5) is 8.78 Å². The van der Waals surface area contributed by atoms with E-state index in [4.69, 9.17) is 0 Å². The number of nitrogens with one attached hydrogen (secondary N) is 1. The number of aryl methyl sites for hydroxylation is 1. The van der Waals surface area contributed by atoms with Crippen LogP contribution >= 0.6 is 11.3 Å². The summed E-state index contributed by atoms with van der Waals surface area (Å²) in [6.07, 6.45) is 2.65. The van der Waals surface area contributed by atoms with E-state index in [2.05, 4.69) is 23.7 Å². The van der Waals surface area contributed by atoms with E-state index in [1.807, 2.05) is 7.05 Å². The molecule has 1 heterocycles. The van der Waals surface area contributed by atoms with Crippen LogP contribution in [0.15, 0.2) is 11.4 Å². The molecule has 2 unspecified atom stereocenters. The van der Waals surface area contributed by atoms with Gasteiger partial charge in [0.25, 0.3) is 0 Å². The van der Waals surface area contributed by atoms with Gasteiger partial charge in [-0.05, 0) is 49.2 Å². The number of halogens is 2. The first-order valence-electron chi connectivity index (χ1n) is 6.67. The SMILES string of the molecule is CCc1ccsc1C(CC1CCC(F)(F)C1)NC. The standard InChI is InChI=1S/C14H21F2NS/c1-3-11-5-7-18-13(11)12(17-2)8-10-4-6-14(15,16)9-10/h5,7,10,12,17H,3-4,6,8-9H2,1-2H3. The van der Waals surface area contributed by atoms with Crippen molar-refractivity contribution < 1.29 is 8.78 Å². The predicted octanol–water partition coefficient (Wildman–Crippen LogP) is 4.40. The maximum absolute atomic E-state index is 13.2. The van der Waals surface area contributed by atoms with E-state index in [0.717, 1.165) is 12.8 Å². The van der Waals surface area contributed by atoms with Gasteiger partial charge in [0.2, 0.25) is 5.92 Å². The average molecular weight is 273 g/mol. The molecule has 2 rings (SSSR count). The molecule has 0 spiro atoms. The maximum atomic E-state index is 13.2. The van der Waals surface area contributed by atoms with E-state index in [-0.39, 0.29) is 24.8 Å². The monoisotopic (exact) mass is 273 g/mol. The zero-order valence-corrected chi connectivity index (χ0v) is 11.8. The van der Waals surface area contributed by atoms with Gasteiger partial charge in [-0.25, -0.2) is 8.78 Å². The van der Waals surface area contributed by atoms with Crippen molar-refractivity contribution in [2.75, 3.05) is 7.05 Å². The van der Waals surface area contributed by atoms with Crippen LogP contribution in [0.2, 0.25) is 0 Å². The summed E-state index contributed by atoms with van der Waals surface area (Å²) in [4.78, 5) is 1.33. The molecule has 102 valence electrons. The Morgan fingerprint density at radius 1 is 1.56 bits per heavy atom. The highest BCUT2D eigenvalue weighted by molar-refractivity contribution is 7.10. The third-order valence-corrected chi connectivity index (χ3v) is 4.97. The summed E-state index contributed by atoms with van der Waals surface area (Å²) in [7, 11) is 1.93. The van der Waals surface area contributed by atoms with Gasteiger partial charge in [0.15, 0.2) is 0 Å². The molecule has 1 fully saturated rings. The fourth-order valence-electron chi connectivity index (χ4n) is 2.88. The van der Waals surface area contributed by atoms with Gasteiger partial charge < -0.3 is 5.32 Å². The smallest absolute Gasteiger partial charge is 0.248 e. The van der Waals surface area contributed by atoms with Crippen LogP contribution in [0.5, 0.6) is 0 Å². The molecule has 0 bridgehead atoms. The summed E-state index contributed by atoms with van der Waals surface area (Å²) in [5.74, 6) is -2.27. The number of alkyl halides is 2. The van der Waals surface area contributed by atoms with E-state index < -0.39 is 5.92 Å². The second kappa shape index (κ2) is 5.66. The minimum atomic E-state index is -2.42. The lowest BCUT2D eigenvalue weighted by molar-refractivity contribution is 0.00435. The zero-order valence-electron chi connectivity index (χ0n) is 11.0. The van der Waals surface area contributed by atoms with Gasteiger partial charge in [-0.15, -0.1) is 11.3 Å². The van der Waals surface area contributed by atoms with Crippen molar-refractivity contribution in [1.29, 1.82) is 0 Å². The molecule has 0 aliphatic heterocycles. The van der Waals surface area contributed by atoms with Gasteiger partial charge in [0, 0.05) is 23.8 Å². The number of hydrogen-bond donors (Lipinski definition) is 1. The van der Waals surface area contributed by atoms with Crippen molar-refractivity contribution in [2.45, 2.75) is 51.0 Å². The van der Waals surface area contributed by atoms with Crippen molar-refractivity contribution >= 4 is 11.3 Å². The Kier molecular flexibility index (Phi) is 4.38. The minimum absolute atomic E-state index is 0.0675. The normalized spacial score (nSPS) is 24.3. The van der Waals surface area contributed by atoms with Crippen molar-refractivity contribution in [3.05, 3.63) is 21.9 Å². The molecular formula is C14H21F2NS. The van der Waals surface area contributed by atoms with Crippen LogP contribution in [0, 0.1) is 5.92 Å². The van der Waals surface area contributed by atoms with Crippen molar-refractivity contribution in [3.8, 4) is 0 Å². The second-order valence-electron chi connectivity index (χ2n) is 5.21. The molecule has 1 aliphatic carbocycles. The van der Waals surface area contributed by atoms with Crippen LogP contribution in [-0.2, 0) is 6.42 Å². The molecule has 1 N–H and O–H groups in total. The quantitative estimate of drug-likeness (QED) is 0.838. The number of rotatable bonds is 5. The third-order valence-electron chi connectivity index (χ3n) is 3.90. The molecule has 18 heavy (non-hydrogen) atoms. The Morgan fingerprint density at radius 3 is 2.89 bits per heavy atom. The van der Waals surface area contributed by atoms with Crippen LogP contribution in [-0.4, -0.2) is 13.0 Å². The molecule has 1 aromatic heterocycles. The molecule has 1 nitrogen and oxygen atoms in total. The molecule has 0 amide bonds. The highest BCUT2D eigenvalue weighted by Crippen LogP contribution is 2.43. The van der Waals surface area contributed by atoms with E-state index in [9.17, 15) is 8.78 Å². The molecular weight excluding hydrogens is 252 g/mol. The molecule has 0 saturated heterocycles. The molecule has 1 aliphatic rings. The summed E-state index contributed by atoms with van der Waals surface area (Å²) in [5, 5.41) is 5.40. The van der Waals surface area contributed by atoms with E-state index in [1.54, 1.807) is 11.3 Å². The summed E-state index contributed by atoms with van der Waals surface area (Å²) in [6.45, 7) is 2.14. The van der Waals surface area contributed by atoms with Gasteiger partial charge in [-0.1, -0.05) is 6.92 Å². The van der Waals surface area contributed by atoms with Crippen molar-refractivity contribution in [3.63, 3.8) is 0 Å². The second-order valence-corrected chi connectivity index (χ2v) is 6.15. The molecule has 0 aromatic carbocycles. The van der Waals surface area contributed by atoms with Crippen molar-refractivity contribution in [1.82, 2.24) is 5.32 Å². The fraction of sp³-hybridized carbons (Fsp3) is 0.714. The Balaban J connectivity index is 2.02. The average Bonchev–Trinajstić information content (AvgIpc) is 2.92. The Labute approximate surface area is 112 Å². The Hall–Kier alpha value is -0.480. The fourth-order valence-corrected chi connectivity index (χ4v) is 4.00. The maximum Gasteiger partial charge on any atom is 0.248 e. The minimum Gasteiger partial charge on any atom is -0.312 e. The summed E-state index contributed by atoms with van der Waals surface area (Å²) >= 11 is 1.74. The molecule has 4 heteroatoms. The van der Waals surface area contributed by atoms with Gasteiger partial charge in [-0.2, -0.15) is 0 Å². The molecule has 2 atom stereocenters. The summed E-state index contributed by atoms with van der Waals surface area (Å²) < 4.78 is 26.4. The first-order chi connectivity index (χ1) is 8.55. The Bertz CT molecular complexity index is 389. The lowest BCUT2D eigenvalue weighted by Gasteiger charge is -2.20. The van der Waals surface area contributed by atoms with Gasteiger partial charge in [-0.3, -0.25) is 0 Å². The third kappa shape index (κ3) is 3.09. The number of thiophene rings is 1. The lowest BCUT2D eigenvalue weighted by Crippen LogP contribution is -2.20. The molecule has 0 radical (unpaired) electrons. The molecule has 1 aromatic rings. The van der Waals surface area contributed by atoms with Gasteiger partial charge >= 0.3 is 0 Å².